The predicted octanol–water partition coefficient (Wildman–Crippen LogP) is 5.12. The number of hydrogen-bond acceptors (Lipinski definition) is 2. The number of esters is 1. The zero-order valence-corrected chi connectivity index (χ0v) is 13.4. The van der Waals surface area contributed by atoms with Crippen molar-refractivity contribution >= 4 is 5.97 Å². The lowest BCUT2D eigenvalue weighted by Crippen LogP contribution is -2.36. The van der Waals surface area contributed by atoms with Crippen molar-refractivity contribution in [1.29, 1.82) is 0 Å². The highest BCUT2D eigenvalue weighted by atomic mass is 16.5. The Morgan fingerprint density at radius 1 is 1.19 bits per heavy atom. The second kappa shape index (κ2) is 7.63. The number of benzene rings is 1. The Morgan fingerprint density at radius 2 is 1.86 bits per heavy atom. The molecule has 1 atom stereocenters. The molecule has 0 amide bonds. The second-order valence-corrected chi connectivity index (χ2v) is 6.62. The van der Waals surface area contributed by atoms with Crippen molar-refractivity contribution in [2.75, 3.05) is 0 Å². The predicted molar refractivity (Wildman–Crippen MR) is 85.8 cm³/mol. The van der Waals surface area contributed by atoms with Crippen LogP contribution < -0.4 is 0 Å². The van der Waals surface area contributed by atoms with Crippen LogP contribution in [-0.4, -0.2) is 5.97 Å². The van der Waals surface area contributed by atoms with Gasteiger partial charge in [0.15, 0.2) is 0 Å². The molecule has 1 unspecified atom stereocenters. The molecule has 0 bridgehead atoms. The first-order valence-corrected chi connectivity index (χ1v) is 8.37. The largest absolute Gasteiger partial charge is 0.460 e. The summed E-state index contributed by atoms with van der Waals surface area (Å²) in [6, 6.07) is 9.97. The Balaban J connectivity index is 2.00. The van der Waals surface area contributed by atoms with E-state index in [9.17, 15) is 4.79 Å². The van der Waals surface area contributed by atoms with Gasteiger partial charge in [0.25, 0.3) is 0 Å². The first kappa shape index (κ1) is 16.1. The maximum absolute atomic E-state index is 12.7. The quantitative estimate of drug-likeness (QED) is 0.679. The van der Waals surface area contributed by atoms with Crippen molar-refractivity contribution in [3.63, 3.8) is 0 Å². The minimum absolute atomic E-state index is 0.0337. The van der Waals surface area contributed by atoms with Crippen LogP contribution in [0.5, 0.6) is 0 Å². The van der Waals surface area contributed by atoms with Crippen LogP contribution in [-0.2, 0) is 16.1 Å². The first-order chi connectivity index (χ1) is 10.2. The smallest absolute Gasteiger partial charge is 0.312 e. The van der Waals surface area contributed by atoms with Crippen LogP contribution in [0.4, 0.5) is 0 Å². The van der Waals surface area contributed by atoms with Crippen molar-refractivity contribution < 1.29 is 9.53 Å². The number of hydrogen-bond donors (Lipinski definition) is 0. The van der Waals surface area contributed by atoms with E-state index >= 15 is 0 Å². The number of ether oxygens (including phenoxy) is 1. The molecule has 1 aliphatic carbocycles. The zero-order chi connectivity index (χ0) is 15.1. The van der Waals surface area contributed by atoms with Gasteiger partial charge in [0.2, 0.25) is 0 Å². The third-order valence-electron chi connectivity index (χ3n) is 4.89. The normalized spacial score (nSPS) is 19.0. The van der Waals surface area contributed by atoms with Crippen LogP contribution in [0.3, 0.4) is 0 Å². The van der Waals surface area contributed by atoms with E-state index in [0.29, 0.717) is 12.5 Å². The molecule has 1 aromatic rings. The molecule has 1 aromatic carbocycles. The van der Waals surface area contributed by atoms with E-state index in [2.05, 4.69) is 13.8 Å². The Hall–Kier alpha value is -1.31. The maximum atomic E-state index is 12.7. The molecule has 0 saturated heterocycles. The van der Waals surface area contributed by atoms with E-state index in [1.54, 1.807) is 0 Å². The van der Waals surface area contributed by atoms with Gasteiger partial charge in [0.05, 0.1) is 5.41 Å². The van der Waals surface area contributed by atoms with Crippen LogP contribution in [0.15, 0.2) is 30.3 Å². The Kier molecular flexibility index (Phi) is 5.84. The lowest BCUT2D eigenvalue weighted by Gasteiger charge is -2.36. The van der Waals surface area contributed by atoms with Gasteiger partial charge < -0.3 is 4.74 Å². The highest BCUT2D eigenvalue weighted by Crippen LogP contribution is 2.43. The summed E-state index contributed by atoms with van der Waals surface area (Å²) >= 11 is 0. The fraction of sp³-hybridized carbons (Fsp3) is 0.632. The van der Waals surface area contributed by atoms with Crippen LogP contribution in [0.2, 0.25) is 0 Å². The van der Waals surface area contributed by atoms with E-state index in [1.165, 1.54) is 6.42 Å². The van der Waals surface area contributed by atoms with Gasteiger partial charge in [-0.1, -0.05) is 69.9 Å². The molecule has 1 aliphatic rings. The van der Waals surface area contributed by atoms with Gasteiger partial charge in [0.1, 0.15) is 6.61 Å². The molecule has 1 fully saturated rings. The molecule has 2 heteroatoms. The molecule has 0 spiro atoms. The number of rotatable bonds is 6. The molecule has 0 aliphatic heterocycles. The molecule has 0 aromatic heterocycles. The highest BCUT2D eigenvalue weighted by Gasteiger charge is 2.41. The molecule has 0 N–H and O–H groups in total. The van der Waals surface area contributed by atoms with Gasteiger partial charge in [-0.3, -0.25) is 4.79 Å². The fourth-order valence-corrected chi connectivity index (χ4v) is 3.41. The average molecular weight is 288 g/mol. The van der Waals surface area contributed by atoms with E-state index < -0.39 is 0 Å². The standard InChI is InChI=1S/C19H28O2/c1-3-16(2)14-19(12-8-5-9-13-19)18(20)21-15-17-10-6-4-7-11-17/h4,6-7,10-11,16H,3,5,8-9,12-15H2,1-2H3. The summed E-state index contributed by atoms with van der Waals surface area (Å²) < 4.78 is 5.68. The minimum atomic E-state index is -0.220. The molecule has 1 saturated carbocycles. The Labute approximate surface area is 128 Å². The SMILES string of the molecule is CCC(C)CC1(C(=O)OCc2ccccc2)CCCCC1. The van der Waals surface area contributed by atoms with Crippen LogP contribution >= 0.6 is 0 Å². The van der Waals surface area contributed by atoms with Crippen molar-refractivity contribution in [3.8, 4) is 0 Å². The van der Waals surface area contributed by atoms with Gasteiger partial charge in [-0.25, -0.2) is 0 Å². The third-order valence-corrected chi connectivity index (χ3v) is 4.89. The fourth-order valence-electron chi connectivity index (χ4n) is 3.41. The van der Waals surface area contributed by atoms with Crippen LogP contribution in [0, 0.1) is 11.3 Å². The summed E-state index contributed by atoms with van der Waals surface area (Å²) in [6.45, 7) is 4.86. The summed E-state index contributed by atoms with van der Waals surface area (Å²) in [7, 11) is 0. The van der Waals surface area contributed by atoms with Gasteiger partial charge in [-0.05, 0) is 30.7 Å². The summed E-state index contributed by atoms with van der Waals surface area (Å²) in [6.07, 6.45) is 7.71. The molecular weight excluding hydrogens is 260 g/mol. The van der Waals surface area contributed by atoms with Crippen molar-refractivity contribution in [2.45, 2.75) is 65.4 Å². The van der Waals surface area contributed by atoms with Gasteiger partial charge in [-0.15, -0.1) is 0 Å². The molecule has 0 heterocycles. The van der Waals surface area contributed by atoms with Gasteiger partial charge in [0, 0.05) is 0 Å². The van der Waals surface area contributed by atoms with Gasteiger partial charge in [-0.2, -0.15) is 0 Å². The van der Waals surface area contributed by atoms with Crippen molar-refractivity contribution in [1.82, 2.24) is 0 Å². The molecular formula is C19H28O2. The molecule has 0 radical (unpaired) electrons. The van der Waals surface area contributed by atoms with Crippen LogP contribution in [0.1, 0.15) is 64.4 Å². The maximum Gasteiger partial charge on any atom is 0.312 e. The minimum Gasteiger partial charge on any atom is -0.460 e. The highest BCUT2D eigenvalue weighted by molar-refractivity contribution is 5.77. The topological polar surface area (TPSA) is 26.3 Å². The monoisotopic (exact) mass is 288 g/mol. The van der Waals surface area contributed by atoms with E-state index in [0.717, 1.165) is 44.1 Å². The Morgan fingerprint density at radius 3 is 2.48 bits per heavy atom. The molecule has 116 valence electrons. The molecule has 2 rings (SSSR count). The number of carbonyl (C=O) groups is 1. The first-order valence-electron chi connectivity index (χ1n) is 8.37. The zero-order valence-electron chi connectivity index (χ0n) is 13.4. The van der Waals surface area contributed by atoms with E-state index in [4.69, 9.17) is 4.74 Å². The summed E-state index contributed by atoms with van der Waals surface area (Å²) in [4.78, 5) is 12.7. The summed E-state index contributed by atoms with van der Waals surface area (Å²) in [5.74, 6) is 0.624. The lowest BCUT2D eigenvalue weighted by molar-refractivity contribution is -0.161. The molecule has 2 nitrogen and oxygen atoms in total. The Bertz CT molecular complexity index is 432. The summed E-state index contributed by atoms with van der Waals surface area (Å²) in [5.41, 5.74) is 0.850. The van der Waals surface area contributed by atoms with E-state index in [-0.39, 0.29) is 11.4 Å². The lowest BCUT2D eigenvalue weighted by atomic mass is 9.69. The van der Waals surface area contributed by atoms with Crippen molar-refractivity contribution in [2.24, 2.45) is 11.3 Å². The number of carbonyl (C=O) groups excluding carboxylic acids is 1. The second-order valence-electron chi connectivity index (χ2n) is 6.62. The molecule has 21 heavy (non-hydrogen) atoms. The summed E-state index contributed by atoms with van der Waals surface area (Å²) in [5, 5.41) is 0. The average Bonchev–Trinajstić information content (AvgIpc) is 2.54. The van der Waals surface area contributed by atoms with Crippen molar-refractivity contribution in [3.05, 3.63) is 35.9 Å². The van der Waals surface area contributed by atoms with Gasteiger partial charge >= 0.3 is 5.97 Å². The van der Waals surface area contributed by atoms with Crippen LogP contribution in [0.25, 0.3) is 0 Å². The van der Waals surface area contributed by atoms with E-state index in [1.807, 2.05) is 30.3 Å². The third kappa shape index (κ3) is 4.33.